The summed E-state index contributed by atoms with van der Waals surface area (Å²) in [4.78, 5) is 14.0. The van der Waals surface area contributed by atoms with Gasteiger partial charge in [0.1, 0.15) is 5.69 Å². The van der Waals surface area contributed by atoms with Gasteiger partial charge in [-0.2, -0.15) is 0 Å². The van der Waals surface area contributed by atoms with Crippen molar-refractivity contribution in [3.8, 4) is 0 Å². The van der Waals surface area contributed by atoms with Gasteiger partial charge in [0.2, 0.25) is 0 Å². The van der Waals surface area contributed by atoms with Crippen LogP contribution in [0.4, 0.5) is 0 Å². The molecule has 0 saturated carbocycles. The number of aromatic carboxylic acids is 1. The number of ether oxygens (including phenoxy) is 1. The van der Waals surface area contributed by atoms with Crippen LogP contribution in [0.25, 0.3) is 10.9 Å². The number of carbonyl (C=O) groups is 1. The number of rotatable bonds is 4. The first kappa shape index (κ1) is 10.7. The molecule has 0 aliphatic rings. The van der Waals surface area contributed by atoms with E-state index in [1.807, 2.05) is 24.3 Å². The number of carboxylic acid groups (broad SMARTS) is 1. The Bertz CT molecular complexity index is 516. The molecule has 2 N–H and O–H groups in total. The third-order valence-corrected chi connectivity index (χ3v) is 2.58. The second kappa shape index (κ2) is 4.37. The van der Waals surface area contributed by atoms with Gasteiger partial charge in [-0.1, -0.05) is 18.2 Å². The van der Waals surface area contributed by atoms with E-state index in [1.165, 1.54) is 0 Å². The molecule has 84 valence electrons. The van der Waals surface area contributed by atoms with E-state index in [4.69, 9.17) is 9.84 Å². The number of nitrogens with one attached hydrogen (secondary N) is 1. The van der Waals surface area contributed by atoms with Gasteiger partial charge in [-0.25, -0.2) is 4.79 Å². The fraction of sp³-hybridized carbons (Fsp3) is 0.250. The van der Waals surface area contributed by atoms with E-state index < -0.39 is 5.97 Å². The summed E-state index contributed by atoms with van der Waals surface area (Å²) < 4.78 is 4.99. The Hall–Kier alpha value is -1.81. The maximum absolute atomic E-state index is 11.1. The molecular weight excluding hydrogens is 206 g/mol. The summed E-state index contributed by atoms with van der Waals surface area (Å²) in [6.45, 7) is 0.516. The molecule has 1 aromatic heterocycles. The molecule has 0 aliphatic carbocycles. The predicted octanol–water partition coefficient (Wildman–Crippen LogP) is 2.06. The van der Waals surface area contributed by atoms with Gasteiger partial charge in [-0.3, -0.25) is 0 Å². The van der Waals surface area contributed by atoms with Gasteiger partial charge < -0.3 is 14.8 Å². The minimum Gasteiger partial charge on any atom is -0.477 e. The molecule has 0 amide bonds. The predicted molar refractivity (Wildman–Crippen MR) is 60.8 cm³/mol. The third-order valence-electron chi connectivity index (χ3n) is 2.58. The molecule has 1 aromatic carbocycles. The molecular formula is C12H13NO3. The monoisotopic (exact) mass is 219 g/mol. The summed E-state index contributed by atoms with van der Waals surface area (Å²) >= 11 is 0. The summed E-state index contributed by atoms with van der Waals surface area (Å²) in [6.07, 6.45) is 0.599. The van der Waals surface area contributed by atoms with E-state index in [0.717, 1.165) is 16.5 Å². The average Bonchev–Trinajstić information content (AvgIpc) is 2.65. The van der Waals surface area contributed by atoms with Gasteiger partial charge in [-0.15, -0.1) is 0 Å². The number of methoxy groups -OCH3 is 1. The van der Waals surface area contributed by atoms with E-state index in [9.17, 15) is 4.79 Å². The maximum Gasteiger partial charge on any atom is 0.352 e. The lowest BCUT2D eigenvalue weighted by molar-refractivity contribution is 0.0690. The lowest BCUT2D eigenvalue weighted by atomic mass is 10.1. The highest BCUT2D eigenvalue weighted by molar-refractivity contribution is 5.97. The molecule has 0 aliphatic heterocycles. The lowest BCUT2D eigenvalue weighted by Gasteiger charge is -2.00. The molecule has 0 fully saturated rings. The fourth-order valence-electron chi connectivity index (χ4n) is 1.85. The largest absolute Gasteiger partial charge is 0.477 e. The maximum atomic E-state index is 11.1. The molecule has 0 saturated heterocycles. The molecule has 1 heterocycles. The van der Waals surface area contributed by atoms with Gasteiger partial charge in [0.15, 0.2) is 0 Å². The SMILES string of the molecule is COCCc1c(C(=O)O)[nH]c2ccccc12. The zero-order valence-electron chi connectivity index (χ0n) is 8.99. The molecule has 0 atom stereocenters. The van der Waals surface area contributed by atoms with Crippen LogP contribution in [0, 0.1) is 0 Å². The van der Waals surface area contributed by atoms with E-state index in [1.54, 1.807) is 7.11 Å². The van der Waals surface area contributed by atoms with Gasteiger partial charge in [-0.05, 0) is 18.1 Å². The normalized spacial score (nSPS) is 10.8. The number of carboxylic acids is 1. The number of hydrogen-bond donors (Lipinski definition) is 2. The molecule has 2 rings (SSSR count). The molecule has 0 bridgehead atoms. The summed E-state index contributed by atoms with van der Waals surface area (Å²) in [6, 6.07) is 7.57. The van der Waals surface area contributed by atoms with Crippen LogP contribution < -0.4 is 0 Å². The van der Waals surface area contributed by atoms with E-state index in [-0.39, 0.29) is 5.69 Å². The molecule has 4 nitrogen and oxygen atoms in total. The van der Waals surface area contributed by atoms with Crippen LogP contribution in [0.5, 0.6) is 0 Å². The third kappa shape index (κ3) is 1.79. The Labute approximate surface area is 92.9 Å². The zero-order valence-corrected chi connectivity index (χ0v) is 8.99. The Kier molecular flexibility index (Phi) is 2.92. The van der Waals surface area contributed by atoms with Crippen molar-refractivity contribution >= 4 is 16.9 Å². The summed E-state index contributed by atoms with van der Waals surface area (Å²) in [5, 5.41) is 10.0. The smallest absolute Gasteiger partial charge is 0.352 e. The minimum atomic E-state index is -0.928. The second-order valence-electron chi connectivity index (χ2n) is 3.57. The highest BCUT2D eigenvalue weighted by Crippen LogP contribution is 2.22. The van der Waals surface area contributed by atoms with Crippen LogP contribution in [-0.2, 0) is 11.2 Å². The Morgan fingerprint density at radius 2 is 2.19 bits per heavy atom. The quantitative estimate of drug-likeness (QED) is 0.827. The van der Waals surface area contributed by atoms with Crippen LogP contribution in [0.15, 0.2) is 24.3 Å². The number of H-pyrrole nitrogens is 1. The lowest BCUT2D eigenvalue weighted by Crippen LogP contribution is -2.03. The van der Waals surface area contributed by atoms with Gasteiger partial charge in [0.05, 0.1) is 6.61 Å². The molecule has 4 heteroatoms. The van der Waals surface area contributed by atoms with Crippen LogP contribution >= 0.6 is 0 Å². The Morgan fingerprint density at radius 1 is 1.44 bits per heavy atom. The Morgan fingerprint density at radius 3 is 2.88 bits per heavy atom. The molecule has 0 spiro atoms. The number of fused-ring (bicyclic) bond motifs is 1. The molecule has 0 unspecified atom stereocenters. The van der Waals surface area contributed by atoms with Crippen molar-refractivity contribution in [1.82, 2.24) is 4.98 Å². The number of hydrogen-bond acceptors (Lipinski definition) is 2. The van der Waals surface area contributed by atoms with Crippen LogP contribution in [0.2, 0.25) is 0 Å². The minimum absolute atomic E-state index is 0.262. The standard InChI is InChI=1S/C12H13NO3/c1-16-7-6-9-8-4-2-3-5-10(8)13-11(9)12(14)15/h2-5,13H,6-7H2,1H3,(H,14,15). The molecule has 2 aromatic rings. The number of aromatic nitrogens is 1. The summed E-state index contributed by atoms with van der Waals surface area (Å²) in [5.41, 5.74) is 1.93. The molecule has 0 radical (unpaired) electrons. The first-order chi connectivity index (χ1) is 7.74. The topological polar surface area (TPSA) is 62.3 Å². The fourth-order valence-corrected chi connectivity index (χ4v) is 1.85. The number of aromatic amines is 1. The number of para-hydroxylation sites is 1. The highest BCUT2D eigenvalue weighted by atomic mass is 16.5. The van der Waals surface area contributed by atoms with E-state index >= 15 is 0 Å². The number of benzene rings is 1. The van der Waals surface area contributed by atoms with E-state index in [0.29, 0.717) is 13.0 Å². The van der Waals surface area contributed by atoms with Crippen molar-refractivity contribution in [3.05, 3.63) is 35.5 Å². The second-order valence-corrected chi connectivity index (χ2v) is 3.57. The Balaban J connectivity index is 2.55. The van der Waals surface area contributed by atoms with Crippen molar-refractivity contribution in [1.29, 1.82) is 0 Å². The zero-order chi connectivity index (χ0) is 11.5. The van der Waals surface area contributed by atoms with Crippen molar-refractivity contribution < 1.29 is 14.6 Å². The average molecular weight is 219 g/mol. The summed E-state index contributed by atoms with van der Waals surface area (Å²) in [7, 11) is 1.61. The van der Waals surface area contributed by atoms with Crippen molar-refractivity contribution in [3.63, 3.8) is 0 Å². The summed E-state index contributed by atoms with van der Waals surface area (Å²) in [5.74, 6) is -0.928. The van der Waals surface area contributed by atoms with Crippen molar-refractivity contribution in [2.24, 2.45) is 0 Å². The first-order valence-corrected chi connectivity index (χ1v) is 5.06. The first-order valence-electron chi connectivity index (χ1n) is 5.06. The van der Waals surface area contributed by atoms with Crippen LogP contribution in [0.1, 0.15) is 16.1 Å². The van der Waals surface area contributed by atoms with Crippen molar-refractivity contribution in [2.75, 3.05) is 13.7 Å². The van der Waals surface area contributed by atoms with Gasteiger partial charge in [0, 0.05) is 18.0 Å². The van der Waals surface area contributed by atoms with Gasteiger partial charge >= 0.3 is 5.97 Å². The van der Waals surface area contributed by atoms with Crippen molar-refractivity contribution in [2.45, 2.75) is 6.42 Å². The van der Waals surface area contributed by atoms with E-state index in [2.05, 4.69) is 4.98 Å². The molecule has 16 heavy (non-hydrogen) atoms. The van der Waals surface area contributed by atoms with Crippen LogP contribution in [0.3, 0.4) is 0 Å². The van der Waals surface area contributed by atoms with Gasteiger partial charge in [0.25, 0.3) is 0 Å². The highest BCUT2D eigenvalue weighted by Gasteiger charge is 2.15. The van der Waals surface area contributed by atoms with Crippen LogP contribution in [-0.4, -0.2) is 29.8 Å².